The smallest absolute Gasteiger partial charge is 0.307 e. The molecule has 0 radical (unpaired) electrons. The quantitative estimate of drug-likeness (QED) is 0.811. The van der Waals surface area contributed by atoms with Crippen LogP contribution in [0.1, 0.15) is 50.9 Å². The number of carbonyl (C=O) groups is 1. The fraction of sp³-hybridized carbons (Fsp3) is 0.733. The fourth-order valence-electron chi connectivity index (χ4n) is 1.93. The summed E-state index contributed by atoms with van der Waals surface area (Å²) >= 11 is 1.69. The number of hydrogen-bond acceptors (Lipinski definition) is 4. The van der Waals surface area contributed by atoms with E-state index in [-0.39, 0.29) is 11.3 Å². The summed E-state index contributed by atoms with van der Waals surface area (Å²) in [4.78, 5) is 16.8. The first-order chi connectivity index (χ1) is 9.20. The van der Waals surface area contributed by atoms with Crippen LogP contribution in [0.2, 0.25) is 0 Å². The lowest BCUT2D eigenvalue weighted by atomic mass is 9.96. The van der Waals surface area contributed by atoms with Crippen LogP contribution in [0.5, 0.6) is 0 Å². The molecule has 5 heteroatoms. The molecule has 1 rings (SSSR count). The Bertz CT molecular complexity index is 435. The van der Waals surface area contributed by atoms with Crippen LogP contribution in [0, 0.1) is 11.8 Å². The summed E-state index contributed by atoms with van der Waals surface area (Å²) in [5.41, 5.74) is 0.122. The van der Waals surface area contributed by atoms with Crippen molar-refractivity contribution in [3.8, 4) is 0 Å². The Hall–Kier alpha value is -0.940. The number of nitrogens with one attached hydrogen (secondary N) is 1. The van der Waals surface area contributed by atoms with Gasteiger partial charge in [0.05, 0.1) is 5.92 Å². The van der Waals surface area contributed by atoms with Crippen LogP contribution in [-0.2, 0) is 16.8 Å². The van der Waals surface area contributed by atoms with Gasteiger partial charge in [0.2, 0.25) is 0 Å². The van der Waals surface area contributed by atoms with Gasteiger partial charge in [0, 0.05) is 24.2 Å². The second kappa shape index (κ2) is 7.18. The maximum absolute atomic E-state index is 11.2. The molecule has 0 saturated heterocycles. The van der Waals surface area contributed by atoms with Crippen molar-refractivity contribution < 1.29 is 9.90 Å². The van der Waals surface area contributed by atoms with Gasteiger partial charge in [-0.25, -0.2) is 4.98 Å². The summed E-state index contributed by atoms with van der Waals surface area (Å²) in [5.74, 6) is -0.650. The molecule has 0 fully saturated rings. The third-order valence-electron chi connectivity index (χ3n) is 3.06. The first-order valence-electron chi connectivity index (χ1n) is 7.09. The number of carboxylic acid groups (broad SMARTS) is 1. The van der Waals surface area contributed by atoms with Gasteiger partial charge in [-0.1, -0.05) is 34.6 Å². The van der Waals surface area contributed by atoms with Crippen LogP contribution < -0.4 is 5.32 Å². The van der Waals surface area contributed by atoms with Crippen molar-refractivity contribution in [2.45, 2.75) is 53.0 Å². The third kappa shape index (κ3) is 5.59. The van der Waals surface area contributed by atoms with Gasteiger partial charge in [-0.05, 0) is 17.8 Å². The molecule has 0 amide bonds. The van der Waals surface area contributed by atoms with Crippen molar-refractivity contribution in [2.24, 2.45) is 11.8 Å². The molecule has 0 bridgehead atoms. The van der Waals surface area contributed by atoms with Crippen molar-refractivity contribution in [1.82, 2.24) is 10.3 Å². The maximum Gasteiger partial charge on any atom is 0.307 e. The van der Waals surface area contributed by atoms with Crippen molar-refractivity contribution >= 4 is 17.3 Å². The highest BCUT2D eigenvalue weighted by Crippen LogP contribution is 2.27. The van der Waals surface area contributed by atoms with Crippen molar-refractivity contribution in [2.75, 3.05) is 6.54 Å². The minimum atomic E-state index is -0.722. The highest BCUT2D eigenvalue weighted by molar-refractivity contribution is 7.11. The lowest BCUT2D eigenvalue weighted by Gasteiger charge is -2.15. The van der Waals surface area contributed by atoms with Crippen LogP contribution in [0.25, 0.3) is 0 Å². The average Bonchev–Trinajstić information content (AvgIpc) is 2.75. The molecule has 0 saturated carbocycles. The molecule has 1 aromatic rings. The van der Waals surface area contributed by atoms with Gasteiger partial charge in [-0.15, -0.1) is 11.3 Å². The van der Waals surface area contributed by atoms with Crippen molar-refractivity contribution in [3.63, 3.8) is 0 Å². The number of aliphatic carboxylic acids is 1. The second-order valence-electron chi connectivity index (χ2n) is 6.66. The van der Waals surface area contributed by atoms with Crippen molar-refractivity contribution in [3.05, 3.63) is 16.1 Å². The molecule has 0 aliphatic heterocycles. The molecule has 4 nitrogen and oxygen atoms in total. The Morgan fingerprint density at radius 3 is 2.55 bits per heavy atom. The molecule has 1 unspecified atom stereocenters. The zero-order valence-electron chi connectivity index (χ0n) is 13.1. The monoisotopic (exact) mass is 298 g/mol. The highest BCUT2D eigenvalue weighted by atomic mass is 32.1. The predicted octanol–water partition coefficient (Wildman–Crippen LogP) is 3.28. The van der Waals surface area contributed by atoms with Gasteiger partial charge >= 0.3 is 5.97 Å². The molecule has 0 aromatic carbocycles. The van der Waals surface area contributed by atoms with Crippen LogP contribution in [0.3, 0.4) is 0 Å². The highest BCUT2D eigenvalue weighted by Gasteiger charge is 2.19. The molecule has 0 spiro atoms. The van der Waals surface area contributed by atoms with Gasteiger partial charge in [-0.2, -0.15) is 0 Å². The Balaban J connectivity index is 2.47. The van der Waals surface area contributed by atoms with Gasteiger partial charge in [-0.3, -0.25) is 4.79 Å². The van der Waals surface area contributed by atoms with E-state index < -0.39 is 5.97 Å². The van der Waals surface area contributed by atoms with E-state index in [4.69, 9.17) is 0 Å². The van der Waals surface area contributed by atoms with Crippen LogP contribution >= 0.6 is 11.3 Å². The van der Waals surface area contributed by atoms with Crippen LogP contribution in [-0.4, -0.2) is 22.6 Å². The molecule has 114 valence electrons. The molecule has 2 N–H and O–H groups in total. The van der Waals surface area contributed by atoms with E-state index >= 15 is 0 Å². The Morgan fingerprint density at radius 1 is 1.45 bits per heavy atom. The molecule has 1 heterocycles. The van der Waals surface area contributed by atoms with Gasteiger partial charge in [0.25, 0.3) is 0 Å². The van der Waals surface area contributed by atoms with Gasteiger partial charge in [0.15, 0.2) is 0 Å². The third-order valence-corrected chi connectivity index (χ3v) is 4.49. The lowest BCUT2D eigenvalue weighted by molar-refractivity contribution is -0.142. The number of rotatable bonds is 7. The van der Waals surface area contributed by atoms with E-state index in [2.05, 4.69) is 31.1 Å². The number of nitrogens with zero attached hydrogens (tertiary/aromatic N) is 1. The topological polar surface area (TPSA) is 62.2 Å². The number of carboxylic acids is 1. The normalized spacial score (nSPS) is 13.7. The molecular formula is C15H26N2O2S. The summed E-state index contributed by atoms with van der Waals surface area (Å²) < 4.78 is 0. The van der Waals surface area contributed by atoms with E-state index in [1.807, 2.05) is 20.0 Å². The first-order valence-corrected chi connectivity index (χ1v) is 7.90. The number of hydrogen-bond donors (Lipinski definition) is 2. The molecule has 0 aliphatic rings. The maximum atomic E-state index is 11.2. The standard InChI is InChI=1S/C15H26N2O2S/c1-10(2)6-11(14(18)19)7-16-9-13-17-8-12(20-13)15(3,4)5/h8,10-11,16H,6-7,9H2,1-5H3,(H,18,19). The summed E-state index contributed by atoms with van der Waals surface area (Å²) in [6.45, 7) is 11.7. The van der Waals surface area contributed by atoms with E-state index in [0.29, 0.717) is 25.4 Å². The summed E-state index contributed by atoms with van der Waals surface area (Å²) in [5, 5.41) is 13.4. The van der Waals surface area contributed by atoms with Gasteiger partial charge < -0.3 is 10.4 Å². The molecule has 20 heavy (non-hydrogen) atoms. The van der Waals surface area contributed by atoms with E-state index in [1.165, 1.54) is 4.88 Å². The van der Waals surface area contributed by atoms with Crippen molar-refractivity contribution in [1.29, 1.82) is 0 Å². The summed E-state index contributed by atoms with van der Waals surface area (Å²) in [6, 6.07) is 0. The fourth-order valence-corrected chi connectivity index (χ4v) is 2.88. The Kier molecular flexibility index (Phi) is 6.14. The van der Waals surface area contributed by atoms with Crippen LogP contribution in [0.15, 0.2) is 6.20 Å². The zero-order valence-corrected chi connectivity index (χ0v) is 13.9. The SMILES string of the molecule is CC(C)CC(CNCc1ncc(C(C)(C)C)s1)C(=O)O. The minimum absolute atomic E-state index is 0.122. The average molecular weight is 298 g/mol. The van der Waals surface area contributed by atoms with Crippen LogP contribution in [0.4, 0.5) is 0 Å². The molecule has 1 aromatic heterocycles. The molecule has 1 atom stereocenters. The predicted molar refractivity (Wildman–Crippen MR) is 83.1 cm³/mol. The minimum Gasteiger partial charge on any atom is -0.481 e. The Labute approximate surface area is 125 Å². The van der Waals surface area contributed by atoms with E-state index in [0.717, 1.165) is 5.01 Å². The molecular weight excluding hydrogens is 272 g/mol. The lowest BCUT2D eigenvalue weighted by Crippen LogP contribution is -2.29. The largest absolute Gasteiger partial charge is 0.481 e. The summed E-state index contributed by atoms with van der Waals surface area (Å²) in [7, 11) is 0. The van der Waals surface area contributed by atoms with E-state index in [1.54, 1.807) is 11.3 Å². The van der Waals surface area contributed by atoms with E-state index in [9.17, 15) is 9.90 Å². The number of thiazole rings is 1. The zero-order chi connectivity index (χ0) is 15.3. The number of aromatic nitrogens is 1. The Morgan fingerprint density at radius 2 is 2.10 bits per heavy atom. The van der Waals surface area contributed by atoms with Gasteiger partial charge in [0.1, 0.15) is 5.01 Å². The summed E-state index contributed by atoms with van der Waals surface area (Å²) in [6.07, 6.45) is 2.62. The first kappa shape index (κ1) is 17.1. The molecule has 0 aliphatic carbocycles. The second-order valence-corrected chi connectivity index (χ2v) is 7.78.